The highest BCUT2D eigenvalue weighted by atomic mass is 16.3. The van der Waals surface area contributed by atoms with Gasteiger partial charge in [-0.3, -0.25) is 4.79 Å². The molecule has 0 saturated carbocycles. The van der Waals surface area contributed by atoms with Gasteiger partial charge in [0.1, 0.15) is 6.54 Å². The molecule has 1 saturated heterocycles. The summed E-state index contributed by atoms with van der Waals surface area (Å²) in [4.78, 5) is 10.4. The minimum absolute atomic E-state index is 0.188. The number of quaternary nitrogens is 1. The van der Waals surface area contributed by atoms with Gasteiger partial charge in [0, 0.05) is 6.42 Å². The zero-order valence-electron chi connectivity index (χ0n) is 8.20. The van der Waals surface area contributed by atoms with Gasteiger partial charge >= 0.3 is 0 Å². The van der Waals surface area contributed by atoms with Gasteiger partial charge in [0.2, 0.25) is 6.41 Å². The molecule has 1 fully saturated rings. The second-order valence-corrected chi connectivity index (χ2v) is 3.95. The van der Waals surface area contributed by atoms with Gasteiger partial charge in [-0.05, 0) is 12.8 Å². The summed E-state index contributed by atoms with van der Waals surface area (Å²) in [6, 6.07) is 0. The Morgan fingerprint density at radius 1 is 1.62 bits per heavy atom. The second-order valence-electron chi connectivity index (χ2n) is 3.95. The van der Waals surface area contributed by atoms with E-state index in [-0.39, 0.29) is 12.8 Å². The number of hydrogen-bond acceptors (Lipinski definition) is 2. The predicted octanol–water partition coefficient (Wildman–Crippen LogP) is -0.319. The number of carbonyl (C=O) groups is 1. The number of hydrogen-bond donors (Lipinski definition) is 2. The van der Waals surface area contributed by atoms with Crippen LogP contribution in [0, 0.1) is 0 Å². The van der Waals surface area contributed by atoms with E-state index in [0.717, 1.165) is 30.4 Å². The SMILES string of the molecule is C[N+]1(CCO)CCCCC1NC=O. The van der Waals surface area contributed by atoms with Crippen LogP contribution in [0.1, 0.15) is 19.3 Å². The molecule has 0 aromatic carbocycles. The quantitative estimate of drug-likeness (QED) is 0.468. The number of likely N-dealkylation sites (tertiary alicyclic amines) is 1. The summed E-state index contributed by atoms with van der Waals surface area (Å²) in [5.74, 6) is 0. The molecule has 1 aliphatic rings. The molecule has 0 radical (unpaired) electrons. The third kappa shape index (κ3) is 2.42. The van der Waals surface area contributed by atoms with E-state index in [0.29, 0.717) is 0 Å². The highest BCUT2D eigenvalue weighted by Gasteiger charge is 2.34. The van der Waals surface area contributed by atoms with Crippen molar-refractivity contribution in [3.63, 3.8) is 0 Å². The Bertz CT molecular complexity index is 171. The molecule has 1 aliphatic heterocycles. The van der Waals surface area contributed by atoms with Gasteiger partial charge in [-0.1, -0.05) is 0 Å². The minimum atomic E-state index is 0.188. The minimum Gasteiger partial charge on any atom is -0.391 e. The lowest BCUT2D eigenvalue weighted by atomic mass is 10.1. The molecule has 1 amide bonds. The van der Waals surface area contributed by atoms with E-state index < -0.39 is 0 Å². The van der Waals surface area contributed by atoms with Crippen molar-refractivity contribution in [2.45, 2.75) is 25.4 Å². The number of piperidine rings is 1. The van der Waals surface area contributed by atoms with Gasteiger partial charge in [0.05, 0.1) is 20.2 Å². The molecule has 1 rings (SSSR count). The number of nitrogens with zero attached hydrogens (tertiary/aromatic N) is 1. The largest absolute Gasteiger partial charge is 0.391 e. The molecule has 1 heterocycles. The van der Waals surface area contributed by atoms with E-state index in [1.807, 2.05) is 0 Å². The molecule has 0 aromatic rings. The highest BCUT2D eigenvalue weighted by molar-refractivity contribution is 5.46. The molecule has 76 valence electrons. The third-order valence-corrected chi connectivity index (χ3v) is 3.02. The van der Waals surface area contributed by atoms with Crippen LogP contribution in [0.4, 0.5) is 0 Å². The molecular weight excluding hydrogens is 168 g/mol. The molecule has 4 heteroatoms. The Hall–Kier alpha value is -0.610. The topological polar surface area (TPSA) is 49.3 Å². The monoisotopic (exact) mass is 187 g/mol. The van der Waals surface area contributed by atoms with Crippen molar-refractivity contribution >= 4 is 6.41 Å². The Morgan fingerprint density at radius 2 is 2.38 bits per heavy atom. The average molecular weight is 187 g/mol. The van der Waals surface area contributed by atoms with Gasteiger partial charge in [-0.2, -0.15) is 0 Å². The third-order valence-electron chi connectivity index (χ3n) is 3.02. The van der Waals surface area contributed by atoms with Gasteiger partial charge in [0.15, 0.2) is 6.17 Å². The molecule has 2 unspecified atom stereocenters. The zero-order chi connectivity index (χ0) is 9.73. The lowest BCUT2D eigenvalue weighted by molar-refractivity contribution is -0.940. The standard InChI is InChI=1S/C9H18N2O2/c1-11(6-7-12)5-3-2-4-9(11)10-8-13/h8-9,12H,2-7H2,1H3/p+1. The maximum Gasteiger partial charge on any atom is 0.211 e. The summed E-state index contributed by atoms with van der Waals surface area (Å²) < 4.78 is 0.773. The maximum absolute atomic E-state index is 10.4. The van der Waals surface area contributed by atoms with Gasteiger partial charge < -0.3 is 14.9 Å². The molecule has 0 aliphatic carbocycles. The van der Waals surface area contributed by atoms with Gasteiger partial charge in [-0.15, -0.1) is 0 Å². The lowest BCUT2D eigenvalue weighted by Gasteiger charge is -2.43. The molecule has 0 spiro atoms. The van der Waals surface area contributed by atoms with Crippen molar-refractivity contribution in [3.05, 3.63) is 0 Å². The predicted molar refractivity (Wildman–Crippen MR) is 49.8 cm³/mol. The van der Waals surface area contributed by atoms with Gasteiger partial charge in [-0.25, -0.2) is 0 Å². The Balaban J connectivity index is 2.58. The van der Waals surface area contributed by atoms with Crippen LogP contribution < -0.4 is 5.32 Å². The van der Waals surface area contributed by atoms with E-state index >= 15 is 0 Å². The van der Waals surface area contributed by atoms with Crippen LogP contribution in [0.3, 0.4) is 0 Å². The van der Waals surface area contributed by atoms with E-state index in [1.54, 1.807) is 0 Å². The summed E-state index contributed by atoms with van der Waals surface area (Å²) in [6.07, 6.45) is 4.34. The highest BCUT2D eigenvalue weighted by Crippen LogP contribution is 2.21. The second kappa shape index (κ2) is 4.58. The normalized spacial score (nSPS) is 34.2. The molecule has 2 N–H and O–H groups in total. The van der Waals surface area contributed by atoms with Gasteiger partial charge in [0.25, 0.3) is 0 Å². The Labute approximate surface area is 79.1 Å². The van der Waals surface area contributed by atoms with E-state index in [4.69, 9.17) is 5.11 Å². The summed E-state index contributed by atoms with van der Waals surface area (Å²) in [6.45, 7) is 1.96. The Morgan fingerprint density at radius 3 is 3.00 bits per heavy atom. The number of nitrogens with one attached hydrogen (secondary N) is 1. The lowest BCUT2D eigenvalue weighted by Crippen LogP contribution is -2.61. The number of amides is 1. The molecule has 0 aromatic heterocycles. The fourth-order valence-corrected chi connectivity index (χ4v) is 2.12. The van der Waals surface area contributed by atoms with Crippen LogP contribution >= 0.6 is 0 Å². The van der Waals surface area contributed by atoms with Crippen LogP contribution in [0.25, 0.3) is 0 Å². The number of aliphatic hydroxyl groups excluding tert-OH is 1. The fourth-order valence-electron chi connectivity index (χ4n) is 2.12. The van der Waals surface area contributed by atoms with Crippen LogP contribution in [0.15, 0.2) is 0 Å². The Kier molecular flexibility index (Phi) is 3.69. The van der Waals surface area contributed by atoms with Crippen LogP contribution in [-0.4, -0.2) is 48.9 Å². The summed E-state index contributed by atoms with van der Waals surface area (Å²) in [5.41, 5.74) is 0. The first-order valence-corrected chi connectivity index (χ1v) is 4.88. The van der Waals surface area contributed by atoms with E-state index in [2.05, 4.69) is 12.4 Å². The molecule has 0 bridgehead atoms. The smallest absolute Gasteiger partial charge is 0.211 e. The molecule has 2 atom stereocenters. The molecule has 13 heavy (non-hydrogen) atoms. The van der Waals surface area contributed by atoms with Crippen molar-refractivity contribution in [2.75, 3.05) is 26.7 Å². The zero-order valence-corrected chi connectivity index (χ0v) is 8.20. The average Bonchev–Trinajstić information content (AvgIpc) is 2.10. The first kappa shape index (κ1) is 10.5. The summed E-state index contributed by atoms with van der Waals surface area (Å²) >= 11 is 0. The van der Waals surface area contributed by atoms with Crippen molar-refractivity contribution < 1.29 is 14.4 Å². The number of carbonyl (C=O) groups excluding carboxylic acids is 1. The van der Waals surface area contributed by atoms with Crippen molar-refractivity contribution in [3.8, 4) is 0 Å². The summed E-state index contributed by atoms with van der Waals surface area (Å²) in [7, 11) is 2.09. The number of rotatable bonds is 4. The van der Waals surface area contributed by atoms with E-state index in [9.17, 15) is 4.79 Å². The van der Waals surface area contributed by atoms with Crippen LogP contribution in [0.2, 0.25) is 0 Å². The fraction of sp³-hybridized carbons (Fsp3) is 0.889. The van der Waals surface area contributed by atoms with Crippen molar-refractivity contribution in [1.82, 2.24) is 5.32 Å². The van der Waals surface area contributed by atoms with E-state index in [1.165, 1.54) is 12.8 Å². The number of aliphatic hydroxyl groups is 1. The first-order valence-electron chi connectivity index (χ1n) is 4.88. The van der Waals surface area contributed by atoms with Crippen LogP contribution in [0.5, 0.6) is 0 Å². The number of likely N-dealkylation sites (N-methyl/N-ethyl adjacent to an activating group) is 1. The maximum atomic E-state index is 10.4. The first-order chi connectivity index (χ1) is 6.23. The summed E-state index contributed by atoms with van der Waals surface area (Å²) in [5, 5.41) is 11.8. The van der Waals surface area contributed by atoms with Crippen LogP contribution in [-0.2, 0) is 4.79 Å². The molecule has 4 nitrogen and oxygen atoms in total. The van der Waals surface area contributed by atoms with Crippen molar-refractivity contribution in [1.29, 1.82) is 0 Å². The van der Waals surface area contributed by atoms with Crippen molar-refractivity contribution in [2.24, 2.45) is 0 Å². The molecular formula is C9H19N2O2+.